The van der Waals surface area contributed by atoms with Crippen molar-refractivity contribution in [3.8, 4) is 0 Å². The lowest BCUT2D eigenvalue weighted by Gasteiger charge is -2.22. The third kappa shape index (κ3) is 1.89. The third-order valence-corrected chi connectivity index (χ3v) is 6.58. The summed E-state index contributed by atoms with van der Waals surface area (Å²) in [5.74, 6) is 0. The molecule has 2 fully saturated rings. The van der Waals surface area contributed by atoms with Gasteiger partial charge in [0.15, 0.2) is 4.77 Å². The molecule has 21 heavy (non-hydrogen) atoms. The Morgan fingerprint density at radius 3 is 2.86 bits per heavy atom. The van der Waals surface area contributed by atoms with Crippen LogP contribution in [0.5, 0.6) is 0 Å². The zero-order valence-corrected chi connectivity index (χ0v) is 13.9. The molecule has 2 aromatic heterocycles. The Morgan fingerprint density at radius 1 is 1.24 bits per heavy atom. The van der Waals surface area contributed by atoms with E-state index in [1.165, 1.54) is 24.3 Å². The largest absolute Gasteiger partial charge is 0.323 e. The van der Waals surface area contributed by atoms with Gasteiger partial charge in [0.1, 0.15) is 4.83 Å². The van der Waals surface area contributed by atoms with E-state index in [0.717, 1.165) is 28.7 Å². The molecule has 0 spiro atoms. The first-order chi connectivity index (χ1) is 10.1. The lowest BCUT2D eigenvalue weighted by atomic mass is 10.1. The first-order valence-corrected chi connectivity index (χ1v) is 8.79. The zero-order valence-electron chi connectivity index (χ0n) is 12.3. The fraction of sp³-hybridized carbons (Fsp3) is 0.600. The topological polar surface area (TPSA) is 41.0 Å². The van der Waals surface area contributed by atoms with Gasteiger partial charge in [-0.25, -0.2) is 0 Å². The van der Waals surface area contributed by atoms with E-state index < -0.39 is 0 Å². The van der Waals surface area contributed by atoms with Gasteiger partial charge >= 0.3 is 0 Å². The summed E-state index contributed by atoms with van der Waals surface area (Å²) in [6, 6.07) is 0.739. The van der Waals surface area contributed by atoms with E-state index in [0.29, 0.717) is 10.8 Å². The smallest absolute Gasteiger partial charge is 0.263 e. The summed E-state index contributed by atoms with van der Waals surface area (Å²) in [6.07, 6.45) is 3.46. The van der Waals surface area contributed by atoms with Crippen LogP contribution in [0.25, 0.3) is 10.2 Å². The van der Waals surface area contributed by atoms with Crippen molar-refractivity contribution in [2.24, 2.45) is 0 Å². The van der Waals surface area contributed by atoms with Gasteiger partial charge < -0.3 is 4.98 Å². The Labute approximate surface area is 132 Å². The van der Waals surface area contributed by atoms with Crippen LogP contribution in [-0.2, 0) is 0 Å². The third-order valence-electron chi connectivity index (χ3n) is 5.16. The first kappa shape index (κ1) is 13.7. The van der Waals surface area contributed by atoms with Crippen molar-refractivity contribution in [3.63, 3.8) is 0 Å². The molecule has 2 aromatic rings. The van der Waals surface area contributed by atoms with Crippen molar-refractivity contribution in [1.29, 1.82) is 0 Å². The molecule has 0 aliphatic carbocycles. The minimum atomic E-state index is 0.106. The maximum Gasteiger partial charge on any atom is 0.263 e. The minimum absolute atomic E-state index is 0.106. The Morgan fingerprint density at radius 2 is 2.05 bits per heavy atom. The molecule has 0 bridgehead atoms. The summed E-state index contributed by atoms with van der Waals surface area (Å²) < 4.78 is 2.46. The minimum Gasteiger partial charge on any atom is -0.323 e. The van der Waals surface area contributed by atoms with Crippen LogP contribution in [0.15, 0.2) is 4.79 Å². The lowest BCUT2D eigenvalue weighted by molar-refractivity contribution is 0.286. The van der Waals surface area contributed by atoms with Crippen molar-refractivity contribution < 1.29 is 0 Å². The normalized spacial score (nSPS) is 25.8. The zero-order chi connectivity index (χ0) is 14.7. The lowest BCUT2D eigenvalue weighted by Crippen LogP contribution is -2.33. The summed E-state index contributed by atoms with van der Waals surface area (Å²) in [4.78, 5) is 21.0. The molecular weight excluding hydrogens is 302 g/mol. The van der Waals surface area contributed by atoms with E-state index in [9.17, 15) is 4.79 Å². The number of nitrogens with zero attached hydrogens (tertiary/aromatic N) is 2. The molecule has 2 aliphatic rings. The molecule has 4 rings (SSSR count). The molecule has 0 amide bonds. The summed E-state index contributed by atoms with van der Waals surface area (Å²) in [6.45, 7) is 6.36. The van der Waals surface area contributed by atoms with E-state index in [1.54, 1.807) is 11.3 Å². The Kier molecular flexibility index (Phi) is 3.10. The quantitative estimate of drug-likeness (QED) is 0.820. The van der Waals surface area contributed by atoms with Gasteiger partial charge in [-0.2, -0.15) is 0 Å². The number of aromatic nitrogens is 2. The number of hydrogen-bond acceptors (Lipinski definition) is 4. The van der Waals surface area contributed by atoms with Crippen molar-refractivity contribution in [1.82, 2.24) is 14.5 Å². The van der Waals surface area contributed by atoms with Gasteiger partial charge in [0, 0.05) is 17.5 Å². The van der Waals surface area contributed by atoms with Crippen LogP contribution in [0, 0.1) is 18.6 Å². The van der Waals surface area contributed by atoms with Gasteiger partial charge in [-0.3, -0.25) is 14.3 Å². The van der Waals surface area contributed by atoms with Gasteiger partial charge in [0.05, 0.1) is 11.4 Å². The van der Waals surface area contributed by atoms with Crippen molar-refractivity contribution in [2.75, 3.05) is 13.1 Å². The van der Waals surface area contributed by atoms with Crippen LogP contribution in [0.4, 0.5) is 0 Å². The molecule has 0 radical (unpaired) electrons. The van der Waals surface area contributed by atoms with Crippen LogP contribution in [0.1, 0.15) is 35.7 Å². The van der Waals surface area contributed by atoms with Gasteiger partial charge in [-0.1, -0.05) is 0 Å². The predicted octanol–water partition coefficient (Wildman–Crippen LogP) is 3.15. The fourth-order valence-electron chi connectivity index (χ4n) is 4.00. The molecule has 6 heteroatoms. The average molecular weight is 321 g/mol. The number of hydrogen-bond donors (Lipinski definition) is 1. The molecule has 4 nitrogen and oxygen atoms in total. The second kappa shape index (κ2) is 4.76. The monoisotopic (exact) mass is 321 g/mol. The van der Waals surface area contributed by atoms with Crippen LogP contribution in [-0.4, -0.2) is 33.6 Å². The molecule has 0 saturated carbocycles. The van der Waals surface area contributed by atoms with Crippen LogP contribution in [0.3, 0.4) is 0 Å². The molecule has 2 unspecified atom stereocenters. The van der Waals surface area contributed by atoms with Crippen molar-refractivity contribution in [3.05, 3.63) is 25.6 Å². The summed E-state index contributed by atoms with van der Waals surface area (Å²) in [5, 5.41) is 0.836. The first-order valence-electron chi connectivity index (χ1n) is 7.56. The molecule has 2 saturated heterocycles. The van der Waals surface area contributed by atoms with Gasteiger partial charge in [0.2, 0.25) is 0 Å². The molecule has 2 atom stereocenters. The van der Waals surface area contributed by atoms with Crippen LogP contribution >= 0.6 is 23.6 Å². The van der Waals surface area contributed by atoms with Crippen molar-refractivity contribution >= 4 is 33.8 Å². The number of H-pyrrole nitrogens is 1. The maximum atomic E-state index is 13.0. The highest BCUT2D eigenvalue weighted by Crippen LogP contribution is 2.36. The highest BCUT2D eigenvalue weighted by molar-refractivity contribution is 7.71. The summed E-state index contributed by atoms with van der Waals surface area (Å²) in [7, 11) is 0. The molecule has 112 valence electrons. The van der Waals surface area contributed by atoms with Crippen LogP contribution in [0.2, 0.25) is 0 Å². The standard InChI is InChI=1S/C15H19N3OS2/c1-8-9(2)21-13-12(8)14(19)18(15(20)16-13)11-5-7-17-6-3-4-10(11)17/h10-11H,3-7H2,1-2H3,(H,16,20). The molecule has 4 heterocycles. The fourth-order valence-corrected chi connectivity index (χ4v) is 5.44. The summed E-state index contributed by atoms with van der Waals surface area (Å²) in [5.41, 5.74) is 1.20. The predicted molar refractivity (Wildman–Crippen MR) is 89.0 cm³/mol. The number of fused-ring (bicyclic) bond motifs is 2. The Hall–Kier alpha value is -0.980. The number of aromatic amines is 1. The molecular formula is C15H19N3OS2. The van der Waals surface area contributed by atoms with E-state index in [4.69, 9.17) is 12.2 Å². The number of thiophene rings is 1. The SMILES string of the molecule is Cc1sc2[nH]c(=S)n(C3CCN4CCCC34)c(=O)c2c1C. The second-order valence-electron chi connectivity index (χ2n) is 6.19. The number of nitrogens with one attached hydrogen (secondary N) is 1. The Balaban J connectivity index is 1.95. The highest BCUT2D eigenvalue weighted by Gasteiger charge is 2.39. The van der Waals surface area contributed by atoms with Crippen molar-refractivity contribution in [2.45, 2.75) is 45.2 Å². The molecule has 0 aromatic carbocycles. The average Bonchev–Trinajstić information content (AvgIpc) is 3.08. The Bertz CT molecular complexity index is 832. The van der Waals surface area contributed by atoms with E-state index in [-0.39, 0.29) is 11.6 Å². The summed E-state index contributed by atoms with van der Waals surface area (Å²) >= 11 is 7.14. The van der Waals surface area contributed by atoms with Gasteiger partial charge in [-0.15, -0.1) is 11.3 Å². The molecule has 1 N–H and O–H groups in total. The second-order valence-corrected chi connectivity index (χ2v) is 7.81. The van der Waals surface area contributed by atoms with Gasteiger partial charge in [0.25, 0.3) is 5.56 Å². The maximum absolute atomic E-state index is 13.0. The van der Waals surface area contributed by atoms with Gasteiger partial charge in [-0.05, 0) is 57.4 Å². The van der Waals surface area contributed by atoms with E-state index in [1.807, 2.05) is 11.5 Å². The van der Waals surface area contributed by atoms with E-state index in [2.05, 4.69) is 16.8 Å². The number of rotatable bonds is 1. The molecule has 2 aliphatic heterocycles. The van der Waals surface area contributed by atoms with E-state index >= 15 is 0 Å². The highest BCUT2D eigenvalue weighted by atomic mass is 32.1. The van der Waals surface area contributed by atoms with Crippen LogP contribution < -0.4 is 5.56 Å². The number of aryl methyl sites for hydroxylation is 2.